The first-order chi connectivity index (χ1) is 10.5. The zero-order valence-electron chi connectivity index (χ0n) is 11.5. The standard InChI is InChI=1S/C16H10Cl2N2O2/c1-9(21)20-13-7-11(17)4-5-12(13)14(16(20)22)15(18)10-3-2-6-19-8-10/h2-8H,1H3/b15-14+. The van der Waals surface area contributed by atoms with Gasteiger partial charge in [-0.05, 0) is 18.2 Å². The molecule has 1 aliphatic rings. The molecule has 0 saturated carbocycles. The van der Waals surface area contributed by atoms with Gasteiger partial charge in [0, 0.05) is 35.5 Å². The third-order valence-electron chi connectivity index (χ3n) is 3.34. The predicted molar refractivity (Wildman–Crippen MR) is 86.5 cm³/mol. The largest absolute Gasteiger partial charge is 0.274 e. The predicted octanol–water partition coefficient (Wildman–Crippen LogP) is 3.74. The molecule has 3 rings (SSSR count). The van der Waals surface area contributed by atoms with Crippen molar-refractivity contribution in [1.29, 1.82) is 0 Å². The van der Waals surface area contributed by atoms with Crippen LogP contribution in [0.3, 0.4) is 0 Å². The Morgan fingerprint density at radius 2 is 2.05 bits per heavy atom. The minimum absolute atomic E-state index is 0.255. The van der Waals surface area contributed by atoms with Gasteiger partial charge >= 0.3 is 0 Å². The van der Waals surface area contributed by atoms with Crippen LogP contribution in [0, 0.1) is 0 Å². The van der Waals surface area contributed by atoms with Crippen LogP contribution in [-0.2, 0) is 9.59 Å². The molecule has 0 unspecified atom stereocenters. The molecule has 0 atom stereocenters. The van der Waals surface area contributed by atoms with E-state index in [-0.39, 0.29) is 16.5 Å². The lowest BCUT2D eigenvalue weighted by atomic mass is 10.0. The van der Waals surface area contributed by atoms with Crippen molar-refractivity contribution in [3.05, 3.63) is 58.9 Å². The van der Waals surface area contributed by atoms with Crippen LogP contribution < -0.4 is 4.90 Å². The Hall–Kier alpha value is -2.17. The fourth-order valence-corrected chi connectivity index (χ4v) is 2.86. The highest BCUT2D eigenvalue weighted by molar-refractivity contribution is 6.60. The molecular weight excluding hydrogens is 323 g/mol. The normalized spacial score (nSPS) is 15.8. The molecule has 1 aromatic heterocycles. The second-order valence-electron chi connectivity index (χ2n) is 4.75. The van der Waals surface area contributed by atoms with E-state index in [9.17, 15) is 9.59 Å². The van der Waals surface area contributed by atoms with Crippen LogP contribution in [0.1, 0.15) is 18.1 Å². The molecule has 0 fully saturated rings. The van der Waals surface area contributed by atoms with E-state index in [2.05, 4.69) is 4.98 Å². The number of imide groups is 1. The lowest BCUT2D eigenvalue weighted by Crippen LogP contribution is -2.31. The second kappa shape index (κ2) is 5.55. The lowest BCUT2D eigenvalue weighted by molar-refractivity contribution is -0.122. The molecule has 0 bridgehead atoms. The van der Waals surface area contributed by atoms with E-state index in [0.29, 0.717) is 21.8 Å². The summed E-state index contributed by atoms with van der Waals surface area (Å²) in [7, 11) is 0. The number of carbonyl (C=O) groups excluding carboxylic acids is 2. The second-order valence-corrected chi connectivity index (χ2v) is 5.57. The highest BCUT2D eigenvalue weighted by atomic mass is 35.5. The number of fused-ring (bicyclic) bond motifs is 1. The molecule has 2 amide bonds. The summed E-state index contributed by atoms with van der Waals surface area (Å²) >= 11 is 12.4. The molecule has 2 heterocycles. The monoisotopic (exact) mass is 332 g/mol. The molecule has 6 heteroatoms. The number of carbonyl (C=O) groups is 2. The summed E-state index contributed by atoms with van der Waals surface area (Å²) in [6.45, 7) is 1.32. The van der Waals surface area contributed by atoms with Crippen molar-refractivity contribution in [1.82, 2.24) is 4.98 Å². The Morgan fingerprint density at radius 1 is 1.27 bits per heavy atom. The number of anilines is 1. The average molecular weight is 333 g/mol. The summed E-state index contributed by atoms with van der Waals surface area (Å²) in [5, 5.41) is 0.696. The van der Waals surface area contributed by atoms with E-state index >= 15 is 0 Å². The summed E-state index contributed by atoms with van der Waals surface area (Å²) in [6, 6.07) is 8.40. The molecule has 22 heavy (non-hydrogen) atoms. The number of halogens is 2. The van der Waals surface area contributed by atoms with Crippen molar-refractivity contribution < 1.29 is 9.59 Å². The van der Waals surface area contributed by atoms with Crippen molar-refractivity contribution in [3.8, 4) is 0 Å². The Morgan fingerprint density at radius 3 is 2.68 bits per heavy atom. The van der Waals surface area contributed by atoms with Crippen LogP contribution in [0.2, 0.25) is 5.02 Å². The number of pyridine rings is 1. The van der Waals surface area contributed by atoms with Gasteiger partial charge in [-0.25, -0.2) is 4.90 Å². The summed E-state index contributed by atoms with van der Waals surface area (Å²) in [5.41, 5.74) is 1.91. The molecule has 4 nitrogen and oxygen atoms in total. The van der Waals surface area contributed by atoms with Crippen LogP contribution in [-0.4, -0.2) is 16.8 Å². The Bertz CT molecular complexity index is 816. The zero-order valence-corrected chi connectivity index (χ0v) is 13.0. The van der Waals surface area contributed by atoms with Crippen LogP contribution in [0.25, 0.3) is 10.6 Å². The number of amides is 2. The van der Waals surface area contributed by atoms with Crippen molar-refractivity contribution in [2.75, 3.05) is 4.90 Å². The van der Waals surface area contributed by atoms with E-state index < -0.39 is 5.91 Å². The maximum Gasteiger partial charge on any atom is 0.267 e. The van der Waals surface area contributed by atoms with Crippen molar-refractivity contribution in [2.24, 2.45) is 0 Å². The smallest absolute Gasteiger partial charge is 0.267 e. The minimum atomic E-state index is -0.460. The molecule has 0 N–H and O–H groups in total. The van der Waals surface area contributed by atoms with Gasteiger partial charge in [0.2, 0.25) is 5.91 Å². The fourth-order valence-electron chi connectivity index (χ4n) is 2.40. The van der Waals surface area contributed by atoms with E-state index in [4.69, 9.17) is 23.2 Å². The van der Waals surface area contributed by atoms with Crippen LogP contribution in [0.5, 0.6) is 0 Å². The zero-order chi connectivity index (χ0) is 15.9. The maximum absolute atomic E-state index is 12.6. The van der Waals surface area contributed by atoms with Crippen LogP contribution in [0.4, 0.5) is 5.69 Å². The van der Waals surface area contributed by atoms with E-state index in [1.165, 1.54) is 6.92 Å². The SMILES string of the molecule is CC(=O)N1C(=O)/C(=C(/Cl)c2cccnc2)c2ccc(Cl)cc21. The van der Waals surface area contributed by atoms with E-state index in [0.717, 1.165) is 4.90 Å². The summed E-state index contributed by atoms with van der Waals surface area (Å²) < 4.78 is 0. The van der Waals surface area contributed by atoms with E-state index in [1.54, 1.807) is 42.7 Å². The lowest BCUT2D eigenvalue weighted by Gasteiger charge is -2.12. The molecule has 1 aliphatic heterocycles. The highest BCUT2D eigenvalue weighted by Crippen LogP contribution is 2.43. The quantitative estimate of drug-likeness (QED) is 0.747. The number of nitrogens with zero attached hydrogens (tertiary/aromatic N) is 2. The van der Waals surface area contributed by atoms with Gasteiger partial charge in [-0.3, -0.25) is 14.6 Å². The van der Waals surface area contributed by atoms with Crippen molar-refractivity contribution >= 4 is 51.3 Å². The summed E-state index contributed by atoms with van der Waals surface area (Å²) in [5.74, 6) is -0.849. The number of hydrogen-bond donors (Lipinski definition) is 0. The van der Waals surface area contributed by atoms with Crippen molar-refractivity contribution in [3.63, 3.8) is 0 Å². The summed E-state index contributed by atoms with van der Waals surface area (Å²) in [6.07, 6.45) is 3.18. The average Bonchev–Trinajstić information content (AvgIpc) is 2.78. The number of rotatable bonds is 1. The van der Waals surface area contributed by atoms with E-state index in [1.807, 2.05) is 0 Å². The number of hydrogen-bond acceptors (Lipinski definition) is 3. The Balaban J connectivity index is 2.27. The van der Waals surface area contributed by atoms with Gasteiger partial charge in [-0.1, -0.05) is 35.3 Å². The molecule has 0 saturated heterocycles. The molecule has 0 spiro atoms. The Kier molecular flexibility index (Phi) is 3.72. The topological polar surface area (TPSA) is 50.3 Å². The third-order valence-corrected chi connectivity index (χ3v) is 3.98. The van der Waals surface area contributed by atoms with Gasteiger partial charge < -0.3 is 0 Å². The molecule has 110 valence electrons. The molecule has 0 aliphatic carbocycles. The molecule has 2 aromatic rings. The summed E-state index contributed by atoms with van der Waals surface area (Å²) in [4.78, 5) is 29.5. The van der Waals surface area contributed by atoms with Gasteiger partial charge in [0.25, 0.3) is 5.91 Å². The number of benzene rings is 1. The molecular formula is C16H10Cl2N2O2. The highest BCUT2D eigenvalue weighted by Gasteiger charge is 2.37. The minimum Gasteiger partial charge on any atom is -0.274 e. The first-order valence-electron chi connectivity index (χ1n) is 6.46. The van der Waals surface area contributed by atoms with Crippen molar-refractivity contribution in [2.45, 2.75) is 6.92 Å². The van der Waals surface area contributed by atoms with Crippen LogP contribution in [0.15, 0.2) is 42.7 Å². The molecule has 1 aromatic carbocycles. The fraction of sp³-hybridized carbons (Fsp3) is 0.0625. The molecule has 0 radical (unpaired) electrons. The first kappa shape index (κ1) is 14.8. The van der Waals surface area contributed by atoms with Gasteiger partial charge in [-0.2, -0.15) is 0 Å². The van der Waals surface area contributed by atoms with Gasteiger partial charge in [-0.15, -0.1) is 0 Å². The van der Waals surface area contributed by atoms with Gasteiger partial charge in [0.15, 0.2) is 0 Å². The Labute approximate surface area is 137 Å². The van der Waals surface area contributed by atoms with Gasteiger partial charge in [0.1, 0.15) is 0 Å². The number of aromatic nitrogens is 1. The third kappa shape index (κ3) is 2.30. The van der Waals surface area contributed by atoms with Gasteiger partial charge in [0.05, 0.1) is 16.3 Å². The maximum atomic E-state index is 12.6. The van der Waals surface area contributed by atoms with Crippen LogP contribution >= 0.6 is 23.2 Å². The first-order valence-corrected chi connectivity index (χ1v) is 7.21.